The molecule has 0 aromatic heterocycles. The van der Waals surface area contributed by atoms with Crippen LogP contribution in [0.15, 0.2) is 0 Å². The molecule has 11 heavy (non-hydrogen) atoms. The van der Waals surface area contributed by atoms with Crippen molar-refractivity contribution in [3.8, 4) is 0 Å². The van der Waals surface area contributed by atoms with Crippen LogP contribution in [0.3, 0.4) is 0 Å². The van der Waals surface area contributed by atoms with E-state index in [9.17, 15) is 4.79 Å². The lowest BCUT2D eigenvalue weighted by molar-refractivity contribution is -0.118. The fourth-order valence-corrected chi connectivity index (χ4v) is 1.09. The molecule has 0 bridgehead atoms. The van der Waals surface area contributed by atoms with Crippen molar-refractivity contribution in [1.82, 2.24) is 0 Å². The molecule has 0 aromatic rings. The lowest BCUT2D eigenvalue weighted by Crippen LogP contribution is -2.11. The number of nitrogens with two attached hydrogens (primary N) is 1. The third-order valence-electron chi connectivity index (χ3n) is 1.93. The first-order valence-corrected chi connectivity index (χ1v) is 4.45. The van der Waals surface area contributed by atoms with Gasteiger partial charge in [-0.2, -0.15) is 0 Å². The van der Waals surface area contributed by atoms with E-state index < -0.39 is 0 Å². The summed E-state index contributed by atoms with van der Waals surface area (Å²) in [6.45, 7) is 4.36. The standard InChI is InChI=1S/C9H19NO/c1-3-4-5-8(2)6-7-9(10)11/h8H,3-7H2,1-2H3,(H2,10,11)/t8-/m0/s1. The summed E-state index contributed by atoms with van der Waals surface area (Å²) in [6, 6.07) is 0. The Morgan fingerprint density at radius 1 is 1.45 bits per heavy atom. The molecule has 66 valence electrons. The van der Waals surface area contributed by atoms with E-state index in [1.165, 1.54) is 19.3 Å². The second-order valence-electron chi connectivity index (χ2n) is 3.25. The Morgan fingerprint density at radius 2 is 2.09 bits per heavy atom. The predicted octanol–water partition coefficient (Wildman–Crippen LogP) is 2.08. The van der Waals surface area contributed by atoms with E-state index in [4.69, 9.17) is 5.73 Å². The molecule has 0 rings (SSSR count). The quantitative estimate of drug-likeness (QED) is 0.630. The molecule has 0 aliphatic rings. The highest BCUT2D eigenvalue weighted by molar-refractivity contribution is 5.73. The number of carbonyl (C=O) groups is 1. The van der Waals surface area contributed by atoms with E-state index in [0.29, 0.717) is 12.3 Å². The van der Waals surface area contributed by atoms with Gasteiger partial charge < -0.3 is 5.73 Å². The molecular formula is C9H19NO. The summed E-state index contributed by atoms with van der Waals surface area (Å²) in [5.74, 6) is 0.482. The lowest BCUT2D eigenvalue weighted by atomic mass is 9.99. The fraction of sp³-hybridized carbons (Fsp3) is 0.889. The minimum atomic E-state index is -0.173. The summed E-state index contributed by atoms with van der Waals surface area (Å²) in [5, 5.41) is 0. The van der Waals surface area contributed by atoms with Gasteiger partial charge in [-0.25, -0.2) is 0 Å². The van der Waals surface area contributed by atoms with E-state index in [-0.39, 0.29) is 5.91 Å². The monoisotopic (exact) mass is 157 g/mol. The predicted molar refractivity (Wildman–Crippen MR) is 47.1 cm³/mol. The van der Waals surface area contributed by atoms with Gasteiger partial charge in [-0.1, -0.05) is 33.1 Å². The molecule has 2 N–H and O–H groups in total. The number of rotatable bonds is 6. The van der Waals surface area contributed by atoms with Crippen LogP contribution < -0.4 is 5.73 Å². The van der Waals surface area contributed by atoms with Crippen molar-refractivity contribution >= 4 is 5.91 Å². The molecule has 0 spiro atoms. The molecule has 1 amide bonds. The molecule has 0 saturated heterocycles. The van der Waals surface area contributed by atoms with Crippen molar-refractivity contribution in [1.29, 1.82) is 0 Å². The van der Waals surface area contributed by atoms with Crippen molar-refractivity contribution < 1.29 is 4.79 Å². The van der Waals surface area contributed by atoms with Gasteiger partial charge in [-0.05, 0) is 12.3 Å². The molecule has 1 atom stereocenters. The largest absolute Gasteiger partial charge is 0.370 e. The van der Waals surface area contributed by atoms with Gasteiger partial charge in [0.05, 0.1) is 0 Å². The SMILES string of the molecule is CCCC[C@H](C)CCC(N)=O. The minimum absolute atomic E-state index is 0.173. The topological polar surface area (TPSA) is 43.1 Å². The Hall–Kier alpha value is -0.530. The summed E-state index contributed by atoms with van der Waals surface area (Å²) in [5.41, 5.74) is 5.03. The van der Waals surface area contributed by atoms with Crippen LogP contribution in [0.4, 0.5) is 0 Å². The van der Waals surface area contributed by atoms with Crippen LogP contribution in [-0.2, 0) is 4.79 Å². The zero-order valence-corrected chi connectivity index (χ0v) is 7.60. The molecule has 0 aromatic carbocycles. The van der Waals surface area contributed by atoms with Crippen molar-refractivity contribution in [3.05, 3.63) is 0 Å². The van der Waals surface area contributed by atoms with Crippen molar-refractivity contribution in [2.45, 2.75) is 46.0 Å². The number of hydrogen-bond donors (Lipinski definition) is 1. The third kappa shape index (κ3) is 7.37. The van der Waals surface area contributed by atoms with Gasteiger partial charge in [0.1, 0.15) is 0 Å². The number of unbranched alkanes of at least 4 members (excludes halogenated alkanes) is 1. The third-order valence-corrected chi connectivity index (χ3v) is 1.93. The number of carbonyl (C=O) groups excluding carboxylic acids is 1. The first-order chi connectivity index (χ1) is 5.16. The molecule has 0 radical (unpaired) electrons. The lowest BCUT2D eigenvalue weighted by Gasteiger charge is -2.07. The first-order valence-electron chi connectivity index (χ1n) is 4.45. The molecule has 2 heteroatoms. The summed E-state index contributed by atoms with van der Waals surface area (Å²) >= 11 is 0. The van der Waals surface area contributed by atoms with Crippen molar-refractivity contribution in [2.24, 2.45) is 11.7 Å². The van der Waals surface area contributed by atoms with Gasteiger partial charge in [-0.15, -0.1) is 0 Å². The van der Waals surface area contributed by atoms with Crippen LogP contribution in [0.25, 0.3) is 0 Å². The van der Waals surface area contributed by atoms with Gasteiger partial charge in [-0.3, -0.25) is 4.79 Å². The molecule has 2 nitrogen and oxygen atoms in total. The Morgan fingerprint density at radius 3 is 2.55 bits per heavy atom. The minimum Gasteiger partial charge on any atom is -0.370 e. The number of primary amides is 1. The average Bonchev–Trinajstić information content (AvgIpc) is 1.97. The number of amides is 1. The zero-order valence-electron chi connectivity index (χ0n) is 7.60. The van der Waals surface area contributed by atoms with E-state index in [1.54, 1.807) is 0 Å². The van der Waals surface area contributed by atoms with Crippen LogP contribution in [0.1, 0.15) is 46.0 Å². The molecule has 0 aliphatic carbocycles. The highest BCUT2D eigenvalue weighted by atomic mass is 16.1. The maximum Gasteiger partial charge on any atom is 0.217 e. The molecular weight excluding hydrogens is 138 g/mol. The van der Waals surface area contributed by atoms with Crippen molar-refractivity contribution in [3.63, 3.8) is 0 Å². The fourth-order valence-electron chi connectivity index (χ4n) is 1.09. The van der Waals surface area contributed by atoms with Gasteiger partial charge >= 0.3 is 0 Å². The maximum absolute atomic E-state index is 10.4. The maximum atomic E-state index is 10.4. The van der Waals surface area contributed by atoms with Crippen LogP contribution in [-0.4, -0.2) is 5.91 Å². The van der Waals surface area contributed by atoms with E-state index in [1.807, 2.05) is 0 Å². The Labute approximate surface area is 69.2 Å². The van der Waals surface area contributed by atoms with E-state index in [0.717, 1.165) is 6.42 Å². The highest BCUT2D eigenvalue weighted by Crippen LogP contribution is 2.12. The zero-order chi connectivity index (χ0) is 8.69. The smallest absolute Gasteiger partial charge is 0.217 e. The van der Waals surface area contributed by atoms with Crippen LogP contribution >= 0.6 is 0 Å². The molecule has 0 heterocycles. The van der Waals surface area contributed by atoms with Gasteiger partial charge in [0.2, 0.25) is 5.91 Å². The summed E-state index contributed by atoms with van der Waals surface area (Å²) in [6.07, 6.45) is 5.23. The summed E-state index contributed by atoms with van der Waals surface area (Å²) < 4.78 is 0. The van der Waals surface area contributed by atoms with Crippen LogP contribution in [0.2, 0.25) is 0 Å². The van der Waals surface area contributed by atoms with Crippen LogP contribution in [0.5, 0.6) is 0 Å². The Kier molecular flexibility index (Phi) is 5.90. The van der Waals surface area contributed by atoms with Crippen LogP contribution in [0, 0.1) is 5.92 Å². The Balaban J connectivity index is 3.22. The van der Waals surface area contributed by atoms with Gasteiger partial charge in [0.15, 0.2) is 0 Å². The molecule has 0 unspecified atom stereocenters. The highest BCUT2D eigenvalue weighted by Gasteiger charge is 2.02. The number of hydrogen-bond acceptors (Lipinski definition) is 1. The Bertz CT molecular complexity index is 112. The molecule has 0 aliphatic heterocycles. The average molecular weight is 157 g/mol. The van der Waals surface area contributed by atoms with Gasteiger partial charge in [0.25, 0.3) is 0 Å². The summed E-state index contributed by atoms with van der Waals surface area (Å²) in [4.78, 5) is 10.4. The van der Waals surface area contributed by atoms with Gasteiger partial charge in [0, 0.05) is 6.42 Å². The normalized spacial score (nSPS) is 12.9. The second-order valence-corrected chi connectivity index (χ2v) is 3.25. The second kappa shape index (κ2) is 6.20. The molecule has 0 fully saturated rings. The van der Waals surface area contributed by atoms with E-state index in [2.05, 4.69) is 13.8 Å². The van der Waals surface area contributed by atoms with Crippen molar-refractivity contribution in [2.75, 3.05) is 0 Å². The van der Waals surface area contributed by atoms with E-state index >= 15 is 0 Å². The molecule has 0 saturated carbocycles. The summed E-state index contributed by atoms with van der Waals surface area (Å²) in [7, 11) is 0. The first kappa shape index (κ1) is 10.5.